The number of benzene rings is 3. The van der Waals surface area contributed by atoms with Crippen LogP contribution in [0.15, 0.2) is 78.9 Å². The van der Waals surface area contributed by atoms with Crippen molar-refractivity contribution >= 4 is 44.2 Å². The van der Waals surface area contributed by atoms with E-state index in [4.69, 9.17) is 16.6 Å². The molecule has 0 aliphatic carbocycles. The summed E-state index contributed by atoms with van der Waals surface area (Å²) in [5.41, 5.74) is 3.10. The molecule has 140 valence electrons. The molecule has 0 aliphatic heterocycles. The predicted octanol–water partition coefficient (Wildman–Crippen LogP) is 6.12. The van der Waals surface area contributed by atoms with Crippen LogP contribution in [0.1, 0.15) is 17.5 Å². The smallest absolute Gasteiger partial charge is 0.229 e. The van der Waals surface area contributed by atoms with Crippen molar-refractivity contribution < 1.29 is 4.79 Å². The molecule has 4 rings (SSSR count). The van der Waals surface area contributed by atoms with Crippen molar-refractivity contribution in [1.29, 1.82) is 0 Å². The summed E-state index contributed by atoms with van der Waals surface area (Å²) in [6.07, 6.45) is 1.15. The van der Waals surface area contributed by atoms with Gasteiger partial charge in [-0.05, 0) is 35.7 Å². The van der Waals surface area contributed by atoms with Crippen LogP contribution < -0.4 is 4.90 Å². The lowest BCUT2D eigenvalue weighted by molar-refractivity contribution is -0.118. The summed E-state index contributed by atoms with van der Waals surface area (Å²) in [6.45, 7) is 0.502. The van der Waals surface area contributed by atoms with Gasteiger partial charge in [0.1, 0.15) is 0 Å². The minimum Gasteiger partial charge on any atom is -0.284 e. The number of aryl methyl sites for hydroxylation is 1. The third-order valence-electron chi connectivity index (χ3n) is 4.53. The number of hydrogen-bond donors (Lipinski definition) is 0. The molecular formula is C23H19ClN2OS. The lowest BCUT2D eigenvalue weighted by atomic mass is 10.1. The van der Waals surface area contributed by atoms with Gasteiger partial charge >= 0.3 is 0 Å². The molecule has 3 nitrogen and oxygen atoms in total. The number of rotatable bonds is 6. The largest absolute Gasteiger partial charge is 0.284 e. The van der Waals surface area contributed by atoms with E-state index >= 15 is 0 Å². The second kappa shape index (κ2) is 8.55. The Morgan fingerprint density at radius 3 is 2.32 bits per heavy atom. The molecule has 0 spiro atoms. The van der Waals surface area contributed by atoms with Crippen LogP contribution in [0.5, 0.6) is 0 Å². The highest BCUT2D eigenvalue weighted by Crippen LogP contribution is 2.32. The number of carbonyl (C=O) groups is 1. The lowest BCUT2D eigenvalue weighted by Gasteiger charge is -2.20. The molecule has 0 N–H and O–H groups in total. The van der Waals surface area contributed by atoms with Gasteiger partial charge in [-0.2, -0.15) is 0 Å². The molecular weight excluding hydrogens is 388 g/mol. The van der Waals surface area contributed by atoms with Crippen LogP contribution in [-0.4, -0.2) is 10.9 Å². The molecule has 0 aliphatic rings. The topological polar surface area (TPSA) is 33.2 Å². The summed E-state index contributed by atoms with van der Waals surface area (Å²) in [4.78, 5) is 19.6. The predicted molar refractivity (Wildman–Crippen MR) is 117 cm³/mol. The summed E-state index contributed by atoms with van der Waals surface area (Å²) >= 11 is 7.61. The van der Waals surface area contributed by atoms with E-state index in [2.05, 4.69) is 12.1 Å². The molecule has 0 saturated heterocycles. The first-order valence-corrected chi connectivity index (χ1v) is 10.3. The van der Waals surface area contributed by atoms with Gasteiger partial charge in [0.2, 0.25) is 5.91 Å². The van der Waals surface area contributed by atoms with Crippen LogP contribution in [0.4, 0.5) is 5.13 Å². The standard InChI is InChI=1S/C23H19ClN2OS/c24-19-12-13-20-21(15-19)28-23(25-20)26(16-18-9-5-2-6-10-18)22(27)14-11-17-7-3-1-4-8-17/h1-10,12-13,15H,11,14,16H2. The first-order chi connectivity index (χ1) is 13.7. The van der Waals surface area contributed by atoms with Crippen LogP contribution >= 0.6 is 22.9 Å². The van der Waals surface area contributed by atoms with Crippen LogP contribution in [0, 0.1) is 0 Å². The van der Waals surface area contributed by atoms with E-state index in [0.717, 1.165) is 21.3 Å². The van der Waals surface area contributed by atoms with Crippen LogP contribution in [0.3, 0.4) is 0 Å². The second-order valence-electron chi connectivity index (χ2n) is 6.56. The van der Waals surface area contributed by atoms with Crippen molar-refractivity contribution in [1.82, 2.24) is 4.98 Å². The van der Waals surface area contributed by atoms with Crippen molar-refractivity contribution in [2.45, 2.75) is 19.4 Å². The Bertz CT molecular complexity index is 1080. The summed E-state index contributed by atoms with van der Waals surface area (Å²) in [5.74, 6) is 0.0675. The number of carbonyl (C=O) groups excluding carboxylic acids is 1. The molecule has 0 fully saturated rings. The number of fused-ring (bicyclic) bond motifs is 1. The Morgan fingerprint density at radius 2 is 1.61 bits per heavy atom. The van der Waals surface area contributed by atoms with E-state index in [1.165, 1.54) is 11.3 Å². The SMILES string of the molecule is O=C(CCc1ccccc1)N(Cc1ccccc1)c1nc2ccc(Cl)cc2s1. The fourth-order valence-electron chi connectivity index (χ4n) is 3.06. The molecule has 0 unspecified atom stereocenters. The van der Waals surface area contributed by atoms with Gasteiger partial charge in [-0.25, -0.2) is 4.98 Å². The van der Waals surface area contributed by atoms with E-state index in [-0.39, 0.29) is 5.91 Å². The summed E-state index contributed by atoms with van der Waals surface area (Å²) in [7, 11) is 0. The quantitative estimate of drug-likeness (QED) is 0.386. The number of hydrogen-bond acceptors (Lipinski definition) is 3. The molecule has 0 atom stereocenters. The van der Waals surface area contributed by atoms with Crippen molar-refractivity contribution in [2.24, 2.45) is 0 Å². The molecule has 0 radical (unpaired) electrons. The summed E-state index contributed by atoms with van der Waals surface area (Å²) in [6, 6.07) is 25.7. The monoisotopic (exact) mass is 406 g/mol. The van der Waals surface area contributed by atoms with Gasteiger partial charge in [-0.1, -0.05) is 83.6 Å². The van der Waals surface area contributed by atoms with Gasteiger partial charge in [0, 0.05) is 11.4 Å². The number of aromatic nitrogens is 1. The van der Waals surface area contributed by atoms with Gasteiger partial charge in [0.05, 0.1) is 16.8 Å². The number of nitrogens with zero attached hydrogens (tertiary/aromatic N) is 2. The van der Waals surface area contributed by atoms with Crippen molar-refractivity contribution in [3.63, 3.8) is 0 Å². The number of thiazole rings is 1. The molecule has 3 aromatic carbocycles. The Balaban J connectivity index is 1.61. The van der Waals surface area contributed by atoms with Gasteiger partial charge in [-0.3, -0.25) is 9.69 Å². The minimum atomic E-state index is 0.0675. The van der Waals surface area contributed by atoms with Gasteiger partial charge in [-0.15, -0.1) is 0 Å². The third kappa shape index (κ3) is 4.41. The second-order valence-corrected chi connectivity index (χ2v) is 8.01. The van der Waals surface area contributed by atoms with Crippen LogP contribution in [-0.2, 0) is 17.8 Å². The fourth-order valence-corrected chi connectivity index (χ4v) is 4.32. The molecule has 1 aromatic heterocycles. The maximum atomic E-state index is 13.1. The maximum Gasteiger partial charge on any atom is 0.229 e. The highest BCUT2D eigenvalue weighted by molar-refractivity contribution is 7.22. The zero-order valence-electron chi connectivity index (χ0n) is 15.2. The van der Waals surface area contributed by atoms with Crippen LogP contribution in [0.25, 0.3) is 10.2 Å². The zero-order valence-corrected chi connectivity index (χ0v) is 16.8. The first kappa shape index (κ1) is 18.7. The molecule has 0 bridgehead atoms. The highest BCUT2D eigenvalue weighted by atomic mass is 35.5. The number of amides is 1. The number of anilines is 1. The number of halogens is 1. The Labute approximate surface area is 173 Å². The molecule has 0 saturated carbocycles. The first-order valence-electron chi connectivity index (χ1n) is 9.13. The van der Waals surface area contributed by atoms with Gasteiger partial charge < -0.3 is 0 Å². The third-order valence-corrected chi connectivity index (χ3v) is 5.80. The van der Waals surface area contributed by atoms with Gasteiger partial charge in [0.15, 0.2) is 5.13 Å². The molecule has 1 amide bonds. The highest BCUT2D eigenvalue weighted by Gasteiger charge is 2.20. The Morgan fingerprint density at radius 1 is 0.929 bits per heavy atom. The van der Waals surface area contributed by atoms with E-state index in [0.29, 0.717) is 29.5 Å². The molecule has 5 heteroatoms. The average molecular weight is 407 g/mol. The summed E-state index contributed by atoms with van der Waals surface area (Å²) < 4.78 is 0.983. The van der Waals surface area contributed by atoms with Gasteiger partial charge in [0.25, 0.3) is 0 Å². The lowest BCUT2D eigenvalue weighted by Crippen LogP contribution is -2.30. The van der Waals surface area contributed by atoms with E-state index < -0.39 is 0 Å². The van der Waals surface area contributed by atoms with Crippen molar-refractivity contribution in [2.75, 3.05) is 4.90 Å². The molecule has 1 heterocycles. The fraction of sp³-hybridized carbons (Fsp3) is 0.130. The maximum absolute atomic E-state index is 13.1. The molecule has 28 heavy (non-hydrogen) atoms. The normalized spacial score (nSPS) is 10.9. The van der Waals surface area contributed by atoms with Crippen LogP contribution in [0.2, 0.25) is 5.02 Å². The summed E-state index contributed by atoms with van der Waals surface area (Å²) in [5, 5.41) is 1.38. The Hall–Kier alpha value is -2.69. The van der Waals surface area contributed by atoms with Crippen molar-refractivity contribution in [3.8, 4) is 0 Å². The van der Waals surface area contributed by atoms with Crippen molar-refractivity contribution in [3.05, 3.63) is 95.0 Å². The Kier molecular flexibility index (Phi) is 5.70. The minimum absolute atomic E-state index is 0.0675. The average Bonchev–Trinajstić information content (AvgIpc) is 3.14. The molecule has 4 aromatic rings. The van der Waals surface area contributed by atoms with E-state index in [9.17, 15) is 4.79 Å². The van der Waals surface area contributed by atoms with E-state index in [1.54, 1.807) is 4.90 Å². The zero-order chi connectivity index (χ0) is 19.3. The van der Waals surface area contributed by atoms with E-state index in [1.807, 2.05) is 66.7 Å².